The first-order valence-corrected chi connectivity index (χ1v) is 9.18. The SMILES string of the molecule is NC(CC(=O)N1CCCN(C(=O)c2ccccc2F)CC1)c1ccccc1. The third-order valence-corrected chi connectivity index (χ3v) is 4.86. The minimum absolute atomic E-state index is 0.0217. The van der Waals surface area contributed by atoms with E-state index in [2.05, 4.69) is 0 Å². The van der Waals surface area contributed by atoms with Crippen LogP contribution in [-0.2, 0) is 4.79 Å². The first-order chi connectivity index (χ1) is 13.1. The number of carbonyl (C=O) groups is 2. The number of benzene rings is 2. The van der Waals surface area contributed by atoms with Crippen LogP contribution in [0.25, 0.3) is 0 Å². The van der Waals surface area contributed by atoms with Crippen molar-refractivity contribution in [2.24, 2.45) is 5.73 Å². The topological polar surface area (TPSA) is 66.6 Å². The van der Waals surface area contributed by atoms with Gasteiger partial charge in [-0.25, -0.2) is 4.39 Å². The maximum atomic E-state index is 13.9. The number of carbonyl (C=O) groups excluding carboxylic acids is 2. The largest absolute Gasteiger partial charge is 0.341 e. The average Bonchev–Trinajstić information content (AvgIpc) is 2.95. The Kier molecular flexibility index (Phi) is 6.19. The summed E-state index contributed by atoms with van der Waals surface area (Å²) in [5.74, 6) is -0.872. The van der Waals surface area contributed by atoms with E-state index in [0.717, 1.165) is 5.56 Å². The molecule has 2 N–H and O–H groups in total. The average molecular weight is 369 g/mol. The molecule has 0 bridgehead atoms. The van der Waals surface area contributed by atoms with Gasteiger partial charge in [-0.1, -0.05) is 42.5 Å². The number of hydrogen-bond donors (Lipinski definition) is 1. The molecular weight excluding hydrogens is 345 g/mol. The van der Waals surface area contributed by atoms with Gasteiger partial charge in [-0.3, -0.25) is 9.59 Å². The molecule has 27 heavy (non-hydrogen) atoms. The van der Waals surface area contributed by atoms with Crippen molar-refractivity contribution in [3.63, 3.8) is 0 Å². The van der Waals surface area contributed by atoms with Crippen LogP contribution in [0.3, 0.4) is 0 Å². The molecule has 0 saturated carbocycles. The minimum atomic E-state index is -0.520. The molecule has 3 rings (SSSR count). The summed E-state index contributed by atoms with van der Waals surface area (Å²) in [6.07, 6.45) is 0.887. The highest BCUT2D eigenvalue weighted by Crippen LogP contribution is 2.17. The number of rotatable bonds is 4. The Bertz CT molecular complexity index is 797. The van der Waals surface area contributed by atoms with E-state index < -0.39 is 5.82 Å². The highest BCUT2D eigenvalue weighted by atomic mass is 19.1. The van der Waals surface area contributed by atoms with Gasteiger partial charge in [0.05, 0.1) is 5.56 Å². The number of nitrogens with two attached hydrogens (primary N) is 1. The molecule has 2 aromatic carbocycles. The summed E-state index contributed by atoms with van der Waals surface area (Å²) in [5, 5.41) is 0. The third-order valence-electron chi connectivity index (χ3n) is 4.86. The van der Waals surface area contributed by atoms with Gasteiger partial charge in [0.1, 0.15) is 5.82 Å². The fraction of sp³-hybridized carbons (Fsp3) is 0.333. The Morgan fingerprint density at radius 1 is 0.926 bits per heavy atom. The quantitative estimate of drug-likeness (QED) is 0.901. The molecule has 2 aromatic rings. The van der Waals surface area contributed by atoms with Crippen LogP contribution in [0.1, 0.15) is 34.8 Å². The van der Waals surface area contributed by atoms with Gasteiger partial charge in [0, 0.05) is 38.6 Å². The zero-order chi connectivity index (χ0) is 19.2. The van der Waals surface area contributed by atoms with E-state index in [-0.39, 0.29) is 29.8 Å². The molecule has 1 unspecified atom stereocenters. The Balaban J connectivity index is 1.59. The van der Waals surface area contributed by atoms with Crippen molar-refractivity contribution in [1.29, 1.82) is 0 Å². The smallest absolute Gasteiger partial charge is 0.256 e. The van der Waals surface area contributed by atoms with Gasteiger partial charge >= 0.3 is 0 Å². The zero-order valence-corrected chi connectivity index (χ0v) is 15.2. The lowest BCUT2D eigenvalue weighted by Gasteiger charge is -2.23. The molecule has 0 radical (unpaired) electrons. The van der Waals surface area contributed by atoms with Crippen molar-refractivity contribution < 1.29 is 14.0 Å². The number of halogens is 1. The van der Waals surface area contributed by atoms with Crippen molar-refractivity contribution in [1.82, 2.24) is 9.80 Å². The van der Waals surface area contributed by atoms with Gasteiger partial charge in [-0.2, -0.15) is 0 Å². The first kappa shape index (κ1) is 19.0. The van der Waals surface area contributed by atoms with E-state index in [0.29, 0.717) is 32.6 Å². The summed E-state index contributed by atoms with van der Waals surface area (Å²) in [4.78, 5) is 28.6. The number of nitrogens with zero attached hydrogens (tertiary/aromatic N) is 2. The molecule has 1 heterocycles. The van der Waals surface area contributed by atoms with Crippen LogP contribution >= 0.6 is 0 Å². The van der Waals surface area contributed by atoms with Gasteiger partial charge in [-0.15, -0.1) is 0 Å². The maximum Gasteiger partial charge on any atom is 0.256 e. The molecule has 142 valence electrons. The molecule has 1 saturated heterocycles. The second kappa shape index (κ2) is 8.77. The van der Waals surface area contributed by atoms with Gasteiger partial charge in [0.2, 0.25) is 5.91 Å². The molecule has 1 atom stereocenters. The lowest BCUT2D eigenvalue weighted by molar-refractivity contribution is -0.131. The molecule has 1 aliphatic rings. The van der Waals surface area contributed by atoms with Gasteiger partial charge < -0.3 is 15.5 Å². The molecule has 0 spiro atoms. The van der Waals surface area contributed by atoms with E-state index in [1.54, 1.807) is 21.9 Å². The monoisotopic (exact) mass is 369 g/mol. The van der Waals surface area contributed by atoms with E-state index in [1.165, 1.54) is 12.1 Å². The summed E-state index contributed by atoms with van der Waals surface area (Å²) in [6, 6.07) is 15.2. The van der Waals surface area contributed by atoms with E-state index in [1.807, 2.05) is 30.3 Å². The Morgan fingerprint density at radius 2 is 1.56 bits per heavy atom. The van der Waals surface area contributed by atoms with E-state index in [9.17, 15) is 14.0 Å². The van der Waals surface area contributed by atoms with Crippen LogP contribution in [0.5, 0.6) is 0 Å². The van der Waals surface area contributed by atoms with Crippen molar-refractivity contribution in [2.45, 2.75) is 18.9 Å². The fourth-order valence-electron chi connectivity index (χ4n) is 3.31. The molecular formula is C21H24FN3O2. The zero-order valence-electron chi connectivity index (χ0n) is 15.2. The fourth-order valence-corrected chi connectivity index (χ4v) is 3.31. The summed E-state index contributed by atoms with van der Waals surface area (Å²) in [7, 11) is 0. The van der Waals surface area contributed by atoms with Crippen molar-refractivity contribution in [3.8, 4) is 0 Å². The van der Waals surface area contributed by atoms with E-state index in [4.69, 9.17) is 5.73 Å². The summed E-state index contributed by atoms with van der Waals surface area (Å²) in [5.41, 5.74) is 7.16. The highest BCUT2D eigenvalue weighted by molar-refractivity contribution is 5.94. The van der Waals surface area contributed by atoms with Crippen molar-refractivity contribution in [2.75, 3.05) is 26.2 Å². The highest BCUT2D eigenvalue weighted by Gasteiger charge is 2.25. The second-order valence-corrected chi connectivity index (χ2v) is 6.73. The molecule has 1 aliphatic heterocycles. The third kappa shape index (κ3) is 4.71. The molecule has 5 nitrogen and oxygen atoms in total. The maximum absolute atomic E-state index is 13.9. The predicted molar refractivity (Wildman–Crippen MR) is 101 cm³/mol. The molecule has 0 aliphatic carbocycles. The van der Waals surface area contributed by atoms with Crippen LogP contribution in [0.4, 0.5) is 4.39 Å². The van der Waals surface area contributed by atoms with Crippen LogP contribution < -0.4 is 5.73 Å². The first-order valence-electron chi connectivity index (χ1n) is 9.18. The standard InChI is InChI=1S/C21H24FN3O2/c22-18-10-5-4-9-17(18)21(27)25-12-6-11-24(13-14-25)20(26)15-19(23)16-7-2-1-3-8-16/h1-5,7-10,19H,6,11-15,23H2. The van der Waals surface area contributed by atoms with Gasteiger partial charge in [0.25, 0.3) is 5.91 Å². The molecule has 6 heteroatoms. The Hall–Kier alpha value is -2.73. The predicted octanol–water partition coefficient (Wildman–Crippen LogP) is 2.59. The van der Waals surface area contributed by atoms with Gasteiger partial charge in [-0.05, 0) is 24.1 Å². The number of amides is 2. The molecule has 2 amide bonds. The van der Waals surface area contributed by atoms with Gasteiger partial charge in [0.15, 0.2) is 0 Å². The summed E-state index contributed by atoms with van der Waals surface area (Å²) in [6.45, 7) is 1.89. The normalized spacial score (nSPS) is 15.9. The van der Waals surface area contributed by atoms with Crippen LogP contribution in [-0.4, -0.2) is 47.8 Å². The molecule has 1 fully saturated rings. The lowest BCUT2D eigenvalue weighted by atomic mass is 10.0. The molecule has 0 aromatic heterocycles. The minimum Gasteiger partial charge on any atom is -0.341 e. The van der Waals surface area contributed by atoms with Crippen LogP contribution in [0.15, 0.2) is 54.6 Å². The van der Waals surface area contributed by atoms with Crippen molar-refractivity contribution >= 4 is 11.8 Å². The second-order valence-electron chi connectivity index (χ2n) is 6.73. The lowest BCUT2D eigenvalue weighted by Crippen LogP contribution is -2.38. The van der Waals surface area contributed by atoms with Crippen LogP contribution in [0, 0.1) is 5.82 Å². The Labute approximate surface area is 158 Å². The van der Waals surface area contributed by atoms with Crippen LogP contribution in [0.2, 0.25) is 0 Å². The van der Waals surface area contributed by atoms with Crippen molar-refractivity contribution in [3.05, 3.63) is 71.5 Å². The summed E-state index contributed by atoms with van der Waals surface area (Å²) < 4.78 is 13.9. The Morgan fingerprint density at radius 3 is 2.30 bits per heavy atom. The number of hydrogen-bond acceptors (Lipinski definition) is 3. The summed E-state index contributed by atoms with van der Waals surface area (Å²) >= 11 is 0. The van der Waals surface area contributed by atoms with E-state index >= 15 is 0 Å².